The van der Waals surface area contributed by atoms with Crippen LogP contribution in [-0.2, 0) is 11.2 Å². The Hall–Kier alpha value is -0.620. The Labute approximate surface area is 132 Å². The SMILES string of the molecule is O=C(CCc1cc(Cl)ccc1Br)NCC1CNCC1O. The summed E-state index contributed by atoms with van der Waals surface area (Å²) in [5.41, 5.74) is 1.02. The van der Waals surface area contributed by atoms with Crippen LogP contribution >= 0.6 is 27.5 Å². The molecule has 0 aliphatic carbocycles. The van der Waals surface area contributed by atoms with Crippen LogP contribution in [0.1, 0.15) is 12.0 Å². The van der Waals surface area contributed by atoms with Crippen molar-refractivity contribution in [1.82, 2.24) is 10.6 Å². The number of hydrogen-bond acceptors (Lipinski definition) is 3. The van der Waals surface area contributed by atoms with E-state index in [4.69, 9.17) is 11.6 Å². The molecular weight excluding hydrogens is 344 g/mol. The van der Waals surface area contributed by atoms with Gasteiger partial charge in [0, 0.05) is 41.5 Å². The Morgan fingerprint density at radius 3 is 3.00 bits per heavy atom. The fraction of sp³-hybridized carbons (Fsp3) is 0.500. The number of hydrogen-bond donors (Lipinski definition) is 3. The molecule has 20 heavy (non-hydrogen) atoms. The van der Waals surface area contributed by atoms with Crippen molar-refractivity contribution >= 4 is 33.4 Å². The summed E-state index contributed by atoms with van der Waals surface area (Å²) >= 11 is 9.39. The predicted octanol–water partition coefficient (Wildman–Crippen LogP) is 1.73. The molecule has 0 bridgehead atoms. The van der Waals surface area contributed by atoms with Crippen LogP contribution in [0, 0.1) is 5.92 Å². The van der Waals surface area contributed by atoms with Gasteiger partial charge in [-0.2, -0.15) is 0 Å². The van der Waals surface area contributed by atoms with Gasteiger partial charge in [0.1, 0.15) is 0 Å². The number of aryl methyl sites for hydroxylation is 1. The van der Waals surface area contributed by atoms with Gasteiger partial charge in [-0.15, -0.1) is 0 Å². The molecule has 1 aromatic carbocycles. The highest BCUT2D eigenvalue weighted by molar-refractivity contribution is 9.10. The van der Waals surface area contributed by atoms with Crippen molar-refractivity contribution in [3.05, 3.63) is 33.3 Å². The van der Waals surface area contributed by atoms with Gasteiger partial charge in [-0.1, -0.05) is 27.5 Å². The van der Waals surface area contributed by atoms with Gasteiger partial charge in [-0.05, 0) is 30.2 Å². The molecule has 1 aliphatic heterocycles. The number of amides is 1. The molecule has 4 nitrogen and oxygen atoms in total. The number of β-amino-alcohol motifs (C(OH)–C–C–N with tert-alkyl or cyclic N) is 1. The van der Waals surface area contributed by atoms with Crippen molar-refractivity contribution in [3.63, 3.8) is 0 Å². The van der Waals surface area contributed by atoms with Gasteiger partial charge >= 0.3 is 0 Å². The minimum Gasteiger partial charge on any atom is -0.391 e. The maximum absolute atomic E-state index is 11.8. The van der Waals surface area contributed by atoms with Gasteiger partial charge < -0.3 is 15.7 Å². The van der Waals surface area contributed by atoms with E-state index in [2.05, 4.69) is 26.6 Å². The fourth-order valence-electron chi connectivity index (χ4n) is 2.24. The lowest BCUT2D eigenvalue weighted by Crippen LogP contribution is -2.34. The lowest BCUT2D eigenvalue weighted by molar-refractivity contribution is -0.121. The minimum atomic E-state index is -0.364. The van der Waals surface area contributed by atoms with Gasteiger partial charge in [0.25, 0.3) is 0 Å². The fourth-order valence-corrected chi connectivity index (χ4v) is 2.88. The van der Waals surface area contributed by atoms with Crippen LogP contribution in [0.2, 0.25) is 5.02 Å². The average molecular weight is 362 g/mol. The molecule has 0 spiro atoms. The summed E-state index contributed by atoms with van der Waals surface area (Å²) in [6.45, 7) is 1.88. The van der Waals surface area contributed by atoms with Crippen LogP contribution in [0.3, 0.4) is 0 Å². The number of aliphatic hydroxyl groups is 1. The van der Waals surface area contributed by atoms with Crippen molar-refractivity contribution in [2.24, 2.45) is 5.92 Å². The van der Waals surface area contributed by atoms with Gasteiger partial charge in [0.15, 0.2) is 0 Å². The summed E-state index contributed by atoms with van der Waals surface area (Å²) in [5.74, 6) is 0.104. The molecule has 1 heterocycles. The highest BCUT2D eigenvalue weighted by Gasteiger charge is 2.24. The van der Waals surface area contributed by atoms with Crippen molar-refractivity contribution in [1.29, 1.82) is 0 Å². The highest BCUT2D eigenvalue weighted by atomic mass is 79.9. The summed E-state index contributed by atoms with van der Waals surface area (Å²) in [6, 6.07) is 5.56. The standard InChI is InChI=1S/C14H18BrClN2O2/c15-12-3-2-11(16)5-9(12)1-4-14(20)18-7-10-6-17-8-13(10)19/h2-3,5,10,13,17,19H,1,4,6-8H2,(H,18,20). The van der Waals surface area contributed by atoms with E-state index in [0.29, 0.717) is 31.0 Å². The molecule has 6 heteroatoms. The first-order chi connectivity index (χ1) is 9.56. The summed E-state index contributed by atoms with van der Waals surface area (Å²) in [6.07, 6.45) is 0.686. The Morgan fingerprint density at radius 2 is 2.30 bits per heavy atom. The van der Waals surface area contributed by atoms with Crippen molar-refractivity contribution in [2.45, 2.75) is 18.9 Å². The quantitative estimate of drug-likeness (QED) is 0.748. The molecule has 0 saturated carbocycles. The highest BCUT2D eigenvalue weighted by Crippen LogP contribution is 2.22. The largest absolute Gasteiger partial charge is 0.391 e. The third kappa shape index (κ3) is 4.45. The zero-order valence-electron chi connectivity index (χ0n) is 11.0. The van der Waals surface area contributed by atoms with E-state index in [1.807, 2.05) is 18.2 Å². The first-order valence-corrected chi connectivity index (χ1v) is 7.83. The third-order valence-corrected chi connectivity index (χ3v) is 4.50. The van der Waals surface area contributed by atoms with E-state index in [0.717, 1.165) is 16.6 Å². The normalized spacial score (nSPS) is 21.9. The Morgan fingerprint density at radius 1 is 1.50 bits per heavy atom. The number of aliphatic hydroxyl groups excluding tert-OH is 1. The van der Waals surface area contributed by atoms with E-state index < -0.39 is 0 Å². The van der Waals surface area contributed by atoms with Gasteiger partial charge in [-0.25, -0.2) is 0 Å². The van der Waals surface area contributed by atoms with Crippen LogP contribution in [-0.4, -0.2) is 36.8 Å². The zero-order valence-corrected chi connectivity index (χ0v) is 13.4. The Balaban J connectivity index is 1.76. The van der Waals surface area contributed by atoms with Crippen LogP contribution < -0.4 is 10.6 Å². The van der Waals surface area contributed by atoms with Gasteiger partial charge in [-0.3, -0.25) is 4.79 Å². The molecule has 2 atom stereocenters. The van der Waals surface area contributed by atoms with Crippen molar-refractivity contribution in [3.8, 4) is 0 Å². The van der Waals surface area contributed by atoms with Crippen LogP contribution in [0.25, 0.3) is 0 Å². The molecule has 0 aromatic heterocycles. The number of benzene rings is 1. The second-order valence-electron chi connectivity index (χ2n) is 5.03. The second-order valence-corrected chi connectivity index (χ2v) is 6.32. The second kappa shape index (κ2) is 7.41. The number of carbonyl (C=O) groups is 1. The lowest BCUT2D eigenvalue weighted by atomic mass is 10.1. The Bertz CT molecular complexity index is 484. The van der Waals surface area contributed by atoms with E-state index >= 15 is 0 Å². The van der Waals surface area contributed by atoms with Crippen LogP contribution in [0.5, 0.6) is 0 Å². The molecule has 1 saturated heterocycles. The van der Waals surface area contributed by atoms with Crippen LogP contribution in [0.15, 0.2) is 22.7 Å². The minimum absolute atomic E-state index is 0.00373. The molecule has 110 valence electrons. The monoisotopic (exact) mass is 360 g/mol. The lowest BCUT2D eigenvalue weighted by Gasteiger charge is -2.14. The molecule has 1 aromatic rings. The molecule has 3 N–H and O–H groups in total. The van der Waals surface area contributed by atoms with Crippen LogP contribution in [0.4, 0.5) is 0 Å². The first-order valence-electron chi connectivity index (χ1n) is 6.65. The molecule has 1 aliphatic rings. The summed E-state index contributed by atoms with van der Waals surface area (Å²) < 4.78 is 0.963. The smallest absolute Gasteiger partial charge is 0.220 e. The maximum atomic E-state index is 11.8. The molecule has 1 amide bonds. The molecule has 1 fully saturated rings. The Kier molecular flexibility index (Phi) is 5.84. The van der Waals surface area contributed by atoms with Gasteiger partial charge in [0.2, 0.25) is 5.91 Å². The van der Waals surface area contributed by atoms with E-state index in [-0.39, 0.29) is 17.9 Å². The zero-order chi connectivity index (χ0) is 14.5. The third-order valence-electron chi connectivity index (χ3n) is 3.49. The number of halogens is 2. The van der Waals surface area contributed by atoms with E-state index in [1.165, 1.54) is 0 Å². The van der Waals surface area contributed by atoms with E-state index in [1.54, 1.807) is 0 Å². The van der Waals surface area contributed by atoms with Gasteiger partial charge in [0.05, 0.1) is 6.10 Å². The predicted molar refractivity (Wildman–Crippen MR) is 82.8 cm³/mol. The number of rotatable bonds is 5. The summed E-state index contributed by atoms with van der Waals surface area (Å²) in [4.78, 5) is 11.8. The van der Waals surface area contributed by atoms with E-state index in [9.17, 15) is 9.90 Å². The van der Waals surface area contributed by atoms with Crippen molar-refractivity contribution in [2.75, 3.05) is 19.6 Å². The maximum Gasteiger partial charge on any atom is 0.220 e. The number of carbonyl (C=O) groups excluding carboxylic acids is 1. The summed E-state index contributed by atoms with van der Waals surface area (Å²) in [5, 5.41) is 16.3. The molecule has 0 radical (unpaired) electrons. The molecule has 2 unspecified atom stereocenters. The van der Waals surface area contributed by atoms with Crippen molar-refractivity contribution < 1.29 is 9.90 Å². The average Bonchev–Trinajstić information content (AvgIpc) is 2.83. The number of nitrogens with one attached hydrogen (secondary N) is 2. The molecule has 2 rings (SSSR count). The molecular formula is C14H18BrClN2O2. The summed E-state index contributed by atoms with van der Waals surface area (Å²) in [7, 11) is 0. The first kappa shape index (κ1) is 15.8. The topological polar surface area (TPSA) is 61.4 Å².